The van der Waals surface area contributed by atoms with Crippen LogP contribution >= 0.6 is 15.9 Å². The van der Waals surface area contributed by atoms with Crippen molar-refractivity contribution >= 4 is 31.9 Å². The molecule has 0 atom stereocenters. The van der Waals surface area contributed by atoms with Gasteiger partial charge in [0.15, 0.2) is 0 Å². The maximum atomic E-state index is 13.3. The van der Waals surface area contributed by atoms with Crippen molar-refractivity contribution < 1.29 is 22.7 Å². The van der Waals surface area contributed by atoms with Gasteiger partial charge in [0.25, 0.3) is 5.91 Å². The number of rotatable bonds is 4. The maximum Gasteiger partial charge on any atom is 0.253 e. The van der Waals surface area contributed by atoms with E-state index in [0.717, 1.165) is 4.47 Å². The first-order valence-electron chi connectivity index (χ1n) is 9.71. The van der Waals surface area contributed by atoms with Crippen LogP contribution in [-0.2, 0) is 14.8 Å². The molecule has 0 unspecified atom stereocenters. The molecule has 0 aromatic heterocycles. The lowest BCUT2D eigenvalue weighted by atomic mass is 10.00. The lowest BCUT2D eigenvalue weighted by molar-refractivity contribution is -0.0857. The second-order valence-corrected chi connectivity index (χ2v) is 10.1. The minimum absolute atomic E-state index is 0.0614. The molecule has 0 aliphatic carbocycles. The van der Waals surface area contributed by atoms with Gasteiger partial charge in [-0.2, -0.15) is 4.31 Å². The zero-order chi connectivity index (χ0) is 21.4. The van der Waals surface area contributed by atoms with E-state index in [-0.39, 0.29) is 10.8 Å². The van der Waals surface area contributed by atoms with E-state index >= 15 is 0 Å². The first kappa shape index (κ1) is 21.3. The predicted molar refractivity (Wildman–Crippen MR) is 115 cm³/mol. The summed E-state index contributed by atoms with van der Waals surface area (Å²) in [6, 6.07) is 13.6. The van der Waals surface area contributed by atoms with Gasteiger partial charge in [-0.25, -0.2) is 8.42 Å². The van der Waals surface area contributed by atoms with Gasteiger partial charge >= 0.3 is 0 Å². The van der Waals surface area contributed by atoms with Crippen molar-refractivity contribution in [1.82, 2.24) is 9.21 Å². The second kappa shape index (κ2) is 8.30. The van der Waals surface area contributed by atoms with Crippen LogP contribution in [0, 0.1) is 0 Å². The second-order valence-electron chi connectivity index (χ2n) is 7.35. The Hall–Kier alpha value is -1.94. The largest absolute Gasteiger partial charge is 0.497 e. The number of carbonyl (C=O) groups excluding carboxylic acids is 1. The SMILES string of the molecule is COc1ccc(S(=O)(=O)N2CCOC23CCN(C(=O)c2cccc(Br)c2)CC3)cc1. The molecule has 2 aromatic rings. The number of methoxy groups -OCH3 is 1. The van der Waals surface area contributed by atoms with Crippen LogP contribution in [-0.4, -0.2) is 62.6 Å². The fourth-order valence-corrected chi connectivity index (χ4v) is 6.19. The van der Waals surface area contributed by atoms with E-state index in [0.29, 0.717) is 50.4 Å². The topological polar surface area (TPSA) is 76.2 Å². The molecule has 0 saturated carbocycles. The molecule has 2 fully saturated rings. The number of amides is 1. The smallest absolute Gasteiger partial charge is 0.253 e. The molecule has 0 radical (unpaired) electrons. The Balaban J connectivity index is 1.51. The highest BCUT2D eigenvalue weighted by Crippen LogP contribution is 2.38. The van der Waals surface area contributed by atoms with Crippen molar-refractivity contribution in [2.75, 3.05) is 33.4 Å². The molecule has 2 aliphatic rings. The Morgan fingerprint density at radius 2 is 1.80 bits per heavy atom. The average molecular weight is 495 g/mol. The fourth-order valence-electron chi connectivity index (χ4n) is 4.07. The third-order valence-corrected chi connectivity index (χ3v) is 8.13. The number of halogens is 1. The standard InChI is InChI=1S/C21H23BrN2O5S/c1-28-18-5-7-19(8-6-18)30(26,27)24-13-14-29-21(24)9-11-23(12-10-21)20(25)16-3-2-4-17(22)15-16/h2-8,15H,9-14H2,1H3. The zero-order valence-corrected chi connectivity index (χ0v) is 19.0. The maximum absolute atomic E-state index is 13.3. The average Bonchev–Trinajstić information content (AvgIpc) is 3.17. The number of hydrogen-bond acceptors (Lipinski definition) is 5. The van der Waals surface area contributed by atoms with Crippen LogP contribution in [0.25, 0.3) is 0 Å². The van der Waals surface area contributed by atoms with E-state index in [1.54, 1.807) is 41.3 Å². The lowest BCUT2D eigenvalue weighted by Gasteiger charge is -2.42. The summed E-state index contributed by atoms with van der Waals surface area (Å²) in [5.74, 6) is 0.536. The van der Waals surface area contributed by atoms with Crippen LogP contribution in [0.3, 0.4) is 0 Å². The molecule has 2 saturated heterocycles. The molecule has 30 heavy (non-hydrogen) atoms. The summed E-state index contributed by atoms with van der Waals surface area (Å²) in [4.78, 5) is 14.8. The Morgan fingerprint density at radius 3 is 2.43 bits per heavy atom. The summed E-state index contributed by atoms with van der Waals surface area (Å²) in [5, 5.41) is 0. The summed E-state index contributed by atoms with van der Waals surface area (Å²) in [7, 11) is -2.19. The van der Waals surface area contributed by atoms with Crippen molar-refractivity contribution in [3.05, 3.63) is 58.6 Å². The summed E-state index contributed by atoms with van der Waals surface area (Å²) < 4.78 is 40.0. The normalized spacial score (nSPS) is 19.2. The molecule has 2 heterocycles. The summed E-state index contributed by atoms with van der Waals surface area (Å²) in [6.45, 7) is 1.50. The van der Waals surface area contributed by atoms with Crippen LogP contribution in [0.2, 0.25) is 0 Å². The van der Waals surface area contributed by atoms with E-state index in [1.807, 2.05) is 12.1 Å². The van der Waals surface area contributed by atoms with Crippen molar-refractivity contribution in [3.8, 4) is 5.75 Å². The molecular weight excluding hydrogens is 472 g/mol. The number of nitrogens with zero attached hydrogens (tertiary/aromatic N) is 2. The van der Waals surface area contributed by atoms with Crippen molar-refractivity contribution in [2.24, 2.45) is 0 Å². The molecule has 9 heteroatoms. The molecule has 160 valence electrons. The van der Waals surface area contributed by atoms with Gasteiger partial charge in [0.1, 0.15) is 11.5 Å². The fraction of sp³-hybridized carbons (Fsp3) is 0.381. The number of carbonyl (C=O) groups is 1. The van der Waals surface area contributed by atoms with Crippen molar-refractivity contribution in [1.29, 1.82) is 0 Å². The Kier molecular flexibility index (Phi) is 5.89. The molecule has 1 amide bonds. The third kappa shape index (κ3) is 3.87. The zero-order valence-electron chi connectivity index (χ0n) is 16.6. The van der Waals surface area contributed by atoms with Gasteiger partial charge in [0, 0.05) is 42.5 Å². The molecule has 4 rings (SSSR count). The summed E-state index contributed by atoms with van der Waals surface area (Å²) in [5.41, 5.74) is -0.303. The van der Waals surface area contributed by atoms with Crippen molar-refractivity contribution in [3.63, 3.8) is 0 Å². The minimum Gasteiger partial charge on any atom is -0.497 e. The Labute approximate surface area is 184 Å². The number of likely N-dealkylation sites (tertiary alicyclic amines) is 1. The highest BCUT2D eigenvalue weighted by atomic mass is 79.9. The third-order valence-electron chi connectivity index (χ3n) is 5.67. The highest BCUT2D eigenvalue weighted by molar-refractivity contribution is 9.10. The first-order valence-corrected chi connectivity index (χ1v) is 11.9. The van der Waals surface area contributed by atoms with E-state index in [1.165, 1.54) is 11.4 Å². The van der Waals surface area contributed by atoms with E-state index < -0.39 is 15.7 Å². The molecule has 2 aliphatic heterocycles. The highest BCUT2D eigenvalue weighted by Gasteiger charge is 2.51. The van der Waals surface area contributed by atoms with E-state index in [9.17, 15) is 13.2 Å². The molecule has 0 N–H and O–H groups in total. The first-order chi connectivity index (χ1) is 14.4. The molecule has 2 aromatic carbocycles. The van der Waals surface area contributed by atoms with Crippen LogP contribution in [0.4, 0.5) is 0 Å². The van der Waals surface area contributed by atoms with Crippen LogP contribution in [0.15, 0.2) is 57.9 Å². The molecule has 1 spiro atoms. The predicted octanol–water partition coefficient (Wildman–Crippen LogP) is 3.11. The lowest BCUT2D eigenvalue weighted by Crippen LogP contribution is -2.55. The van der Waals surface area contributed by atoms with Gasteiger partial charge in [-0.15, -0.1) is 0 Å². The van der Waals surface area contributed by atoms with Gasteiger partial charge in [0.2, 0.25) is 10.0 Å². The van der Waals surface area contributed by atoms with Crippen LogP contribution in [0.5, 0.6) is 5.75 Å². The molecule has 0 bridgehead atoms. The van der Waals surface area contributed by atoms with Crippen LogP contribution in [0.1, 0.15) is 23.2 Å². The van der Waals surface area contributed by atoms with Gasteiger partial charge < -0.3 is 14.4 Å². The quantitative estimate of drug-likeness (QED) is 0.652. The van der Waals surface area contributed by atoms with Crippen molar-refractivity contribution in [2.45, 2.75) is 23.5 Å². The summed E-state index contributed by atoms with van der Waals surface area (Å²) >= 11 is 3.39. The molecule has 7 nitrogen and oxygen atoms in total. The summed E-state index contributed by atoms with van der Waals surface area (Å²) in [6.07, 6.45) is 0.865. The van der Waals surface area contributed by atoms with E-state index in [2.05, 4.69) is 15.9 Å². The Bertz CT molecular complexity index is 1030. The van der Waals surface area contributed by atoms with Gasteiger partial charge in [-0.05, 0) is 42.5 Å². The minimum atomic E-state index is -3.72. The Morgan fingerprint density at radius 1 is 1.10 bits per heavy atom. The monoisotopic (exact) mass is 494 g/mol. The van der Waals surface area contributed by atoms with Crippen LogP contribution < -0.4 is 4.74 Å². The number of sulfonamides is 1. The number of hydrogen-bond donors (Lipinski definition) is 0. The van der Waals surface area contributed by atoms with Gasteiger partial charge in [0.05, 0.1) is 18.6 Å². The van der Waals surface area contributed by atoms with Gasteiger partial charge in [-0.1, -0.05) is 22.0 Å². The van der Waals surface area contributed by atoms with E-state index in [4.69, 9.17) is 9.47 Å². The number of benzene rings is 2. The molecular formula is C21H23BrN2O5S. The number of piperidine rings is 1. The number of ether oxygens (including phenoxy) is 2. The van der Waals surface area contributed by atoms with Gasteiger partial charge in [-0.3, -0.25) is 4.79 Å².